The summed E-state index contributed by atoms with van der Waals surface area (Å²) in [7, 11) is 1.85. The van der Waals surface area contributed by atoms with Gasteiger partial charge in [-0.05, 0) is 24.6 Å². The molecule has 1 aromatic heterocycles. The second kappa shape index (κ2) is 3.59. The van der Waals surface area contributed by atoms with Gasteiger partial charge in [-0.3, -0.25) is 4.68 Å². The first-order valence-corrected chi connectivity index (χ1v) is 5.01. The summed E-state index contributed by atoms with van der Waals surface area (Å²) in [6, 6.07) is 5.71. The zero-order chi connectivity index (χ0) is 11.0. The van der Waals surface area contributed by atoms with E-state index in [4.69, 9.17) is 17.3 Å². The molecule has 15 heavy (non-hydrogen) atoms. The molecule has 0 atom stereocenters. The van der Waals surface area contributed by atoms with Crippen LogP contribution < -0.4 is 5.73 Å². The van der Waals surface area contributed by atoms with Crippen LogP contribution in [0.5, 0.6) is 0 Å². The second-order valence-corrected chi connectivity index (χ2v) is 4.00. The fraction of sp³-hybridized carbons (Fsp3) is 0.182. The number of nitrogens with zero attached hydrogens (tertiary/aromatic N) is 2. The Hall–Kier alpha value is -1.48. The molecule has 0 amide bonds. The van der Waals surface area contributed by atoms with Gasteiger partial charge in [-0.2, -0.15) is 5.10 Å². The SMILES string of the molecule is Cc1ccc(Cl)cc1-c1nn(C)cc1N. The number of anilines is 1. The van der Waals surface area contributed by atoms with Gasteiger partial charge in [0, 0.05) is 23.8 Å². The second-order valence-electron chi connectivity index (χ2n) is 3.57. The van der Waals surface area contributed by atoms with Crippen LogP contribution in [0.1, 0.15) is 5.56 Å². The Morgan fingerprint density at radius 3 is 2.73 bits per heavy atom. The molecule has 0 bridgehead atoms. The lowest BCUT2D eigenvalue weighted by molar-refractivity contribution is 0.771. The first kappa shape index (κ1) is 10.1. The number of hydrogen-bond donors (Lipinski definition) is 1. The van der Waals surface area contributed by atoms with E-state index >= 15 is 0 Å². The molecule has 1 heterocycles. The lowest BCUT2D eigenvalue weighted by Gasteiger charge is -2.03. The minimum atomic E-state index is 0.669. The number of benzene rings is 1. The molecule has 0 saturated carbocycles. The summed E-state index contributed by atoms with van der Waals surface area (Å²) < 4.78 is 1.70. The summed E-state index contributed by atoms with van der Waals surface area (Å²) in [6.07, 6.45) is 1.79. The van der Waals surface area contributed by atoms with Gasteiger partial charge in [0.2, 0.25) is 0 Å². The maximum absolute atomic E-state index is 5.95. The van der Waals surface area contributed by atoms with Crippen molar-refractivity contribution in [2.75, 3.05) is 5.73 Å². The monoisotopic (exact) mass is 221 g/mol. The molecule has 0 fully saturated rings. The van der Waals surface area contributed by atoms with Crippen LogP contribution in [0.3, 0.4) is 0 Å². The first-order valence-electron chi connectivity index (χ1n) is 4.63. The quantitative estimate of drug-likeness (QED) is 0.805. The van der Waals surface area contributed by atoms with E-state index in [9.17, 15) is 0 Å². The van der Waals surface area contributed by atoms with Crippen LogP contribution in [-0.4, -0.2) is 9.78 Å². The van der Waals surface area contributed by atoms with Crippen LogP contribution in [-0.2, 0) is 7.05 Å². The molecule has 0 aliphatic heterocycles. The third-order valence-electron chi connectivity index (χ3n) is 2.31. The molecule has 4 heteroatoms. The zero-order valence-corrected chi connectivity index (χ0v) is 9.42. The number of hydrogen-bond acceptors (Lipinski definition) is 2. The average Bonchev–Trinajstić information content (AvgIpc) is 2.50. The van der Waals surface area contributed by atoms with Crippen molar-refractivity contribution in [1.29, 1.82) is 0 Å². The highest BCUT2D eigenvalue weighted by molar-refractivity contribution is 6.30. The Balaban J connectivity index is 2.62. The number of nitrogen functional groups attached to an aromatic ring is 1. The number of nitrogens with two attached hydrogens (primary N) is 1. The first-order chi connectivity index (χ1) is 7.08. The van der Waals surface area contributed by atoms with Crippen molar-refractivity contribution in [1.82, 2.24) is 9.78 Å². The summed E-state index contributed by atoms with van der Waals surface area (Å²) in [4.78, 5) is 0. The summed E-state index contributed by atoms with van der Waals surface area (Å²) >= 11 is 5.95. The minimum Gasteiger partial charge on any atom is -0.396 e. The van der Waals surface area contributed by atoms with Gasteiger partial charge in [0.25, 0.3) is 0 Å². The van der Waals surface area contributed by atoms with Gasteiger partial charge in [0.05, 0.1) is 5.69 Å². The number of halogens is 1. The Kier molecular flexibility index (Phi) is 2.40. The topological polar surface area (TPSA) is 43.8 Å². The Morgan fingerprint density at radius 2 is 2.13 bits per heavy atom. The molecule has 78 valence electrons. The lowest BCUT2D eigenvalue weighted by atomic mass is 10.1. The van der Waals surface area contributed by atoms with Gasteiger partial charge >= 0.3 is 0 Å². The smallest absolute Gasteiger partial charge is 0.116 e. The molecule has 0 aliphatic carbocycles. The van der Waals surface area contributed by atoms with Gasteiger partial charge < -0.3 is 5.73 Å². The fourth-order valence-corrected chi connectivity index (χ4v) is 1.74. The maximum atomic E-state index is 5.95. The maximum Gasteiger partial charge on any atom is 0.116 e. The highest BCUT2D eigenvalue weighted by atomic mass is 35.5. The van der Waals surface area contributed by atoms with E-state index in [0.29, 0.717) is 10.7 Å². The van der Waals surface area contributed by atoms with Crippen LogP contribution in [0, 0.1) is 6.92 Å². The van der Waals surface area contributed by atoms with E-state index in [1.165, 1.54) is 0 Å². The predicted octanol–water partition coefficient (Wildman–Crippen LogP) is 2.63. The van der Waals surface area contributed by atoms with Crippen molar-refractivity contribution in [2.24, 2.45) is 7.05 Å². The van der Waals surface area contributed by atoms with Crippen LogP contribution in [0.25, 0.3) is 11.3 Å². The normalized spacial score (nSPS) is 10.6. The molecule has 2 N–H and O–H groups in total. The molecule has 0 aliphatic rings. The Morgan fingerprint density at radius 1 is 1.40 bits per heavy atom. The Labute approximate surface area is 93.5 Å². The standard InChI is InChI=1S/C11H12ClN3/c1-7-3-4-8(12)5-9(7)11-10(13)6-15(2)14-11/h3-6H,13H2,1-2H3. The third-order valence-corrected chi connectivity index (χ3v) is 2.55. The van der Waals surface area contributed by atoms with Crippen molar-refractivity contribution >= 4 is 17.3 Å². The lowest BCUT2D eigenvalue weighted by Crippen LogP contribution is -1.90. The van der Waals surface area contributed by atoms with Crippen molar-refractivity contribution < 1.29 is 0 Å². The van der Waals surface area contributed by atoms with Gasteiger partial charge in [-0.25, -0.2) is 0 Å². The van der Waals surface area contributed by atoms with Crippen LogP contribution >= 0.6 is 11.6 Å². The van der Waals surface area contributed by atoms with E-state index in [0.717, 1.165) is 16.8 Å². The molecule has 0 saturated heterocycles. The molecule has 0 radical (unpaired) electrons. The van der Waals surface area contributed by atoms with Crippen molar-refractivity contribution in [3.63, 3.8) is 0 Å². The molecule has 2 aromatic rings. The van der Waals surface area contributed by atoms with E-state index in [-0.39, 0.29) is 0 Å². The number of rotatable bonds is 1. The summed E-state index contributed by atoms with van der Waals surface area (Å²) in [5.74, 6) is 0. The van der Waals surface area contributed by atoms with Crippen LogP contribution in [0.15, 0.2) is 24.4 Å². The van der Waals surface area contributed by atoms with Crippen molar-refractivity contribution in [2.45, 2.75) is 6.92 Å². The zero-order valence-electron chi connectivity index (χ0n) is 8.66. The van der Waals surface area contributed by atoms with Crippen LogP contribution in [0.2, 0.25) is 5.02 Å². The van der Waals surface area contributed by atoms with E-state index in [1.54, 1.807) is 10.9 Å². The minimum absolute atomic E-state index is 0.669. The molecular weight excluding hydrogens is 210 g/mol. The van der Waals surface area contributed by atoms with Crippen molar-refractivity contribution in [3.8, 4) is 11.3 Å². The fourth-order valence-electron chi connectivity index (χ4n) is 1.57. The summed E-state index contributed by atoms with van der Waals surface area (Å²) in [5.41, 5.74) is 9.43. The van der Waals surface area contributed by atoms with Crippen molar-refractivity contribution in [3.05, 3.63) is 35.0 Å². The Bertz CT molecular complexity index is 503. The molecule has 3 nitrogen and oxygen atoms in total. The van der Waals surface area contributed by atoms with E-state index < -0.39 is 0 Å². The molecular formula is C11H12ClN3. The average molecular weight is 222 g/mol. The van der Waals surface area contributed by atoms with Gasteiger partial charge in [-0.15, -0.1) is 0 Å². The molecule has 1 aromatic carbocycles. The van der Waals surface area contributed by atoms with Gasteiger partial charge in [-0.1, -0.05) is 17.7 Å². The van der Waals surface area contributed by atoms with E-state index in [1.807, 2.05) is 32.2 Å². The molecule has 0 unspecified atom stereocenters. The predicted molar refractivity (Wildman–Crippen MR) is 62.8 cm³/mol. The largest absolute Gasteiger partial charge is 0.396 e. The highest BCUT2D eigenvalue weighted by Gasteiger charge is 2.10. The van der Waals surface area contributed by atoms with Gasteiger partial charge in [0.15, 0.2) is 0 Å². The number of aromatic nitrogens is 2. The number of aryl methyl sites for hydroxylation is 2. The highest BCUT2D eigenvalue weighted by Crippen LogP contribution is 2.29. The van der Waals surface area contributed by atoms with E-state index in [2.05, 4.69) is 5.10 Å². The molecule has 0 spiro atoms. The third kappa shape index (κ3) is 1.83. The van der Waals surface area contributed by atoms with Gasteiger partial charge in [0.1, 0.15) is 5.69 Å². The van der Waals surface area contributed by atoms with Crippen LogP contribution in [0.4, 0.5) is 5.69 Å². The summed E-state index contributed by atoms with van der Waals surface area (Å²) in [5, 5.41) is 5.01. The summed E-state index contributed by atoms with van der Waals surface area (Å²) in [6.45, 7) is 2.01. The molecule has 2 rings (SSSR count).